The predicted molar refractivity (Wildman–Crippen MR) is 115 cm³/mol. The summed E-state index contributed by atoms with van der Waals surface area (Å²) in [5.41, 5.74) is 0.518. The van der Waals surface area contributed by atoms with Gasteiger partial charge in [0.15, 0.2) is 17.5 Å². The van der Waals surface area contributed by atoms with Crippen LogP contribution in [0, 0.1) is 0 Å². The molecular formula is C19H26F2IN3O3. The Labute approximate surface area is 180 Å². The third-order valence-corrected chi connectivity index (χ3v) is 3.56. The van der Waals surface area contributed by atoms with E-state index in [-0.39, 0.29) is 42.0 Å². The van der Waals surface area contributed by atoms with Crippen LogP contribution in [0.25, 0.3) is 0 Å². The van der Waals surface area contributed by atoms with E-state index in [0.29, 0.717) is 37.6 Å². The van der Waals surface area contributed by atoms with Crippen molar-refractivity contribution in [2.24, 2.45) is 4.99 Å². The number of ether oxygens (including phenoxy) is 2. The molecule has 1 aromatic heterocycles. The molecule has 0 radical (unpaired) electrons. The maximum atomic E-state index is 12.8. The van der Waals surface area contributed by atoms with Gasteiger partial charge in [-0.2, -0.15) is 8.78 Å². The number of hydrogen-bond acceptors (Lipinski definition) is 4. The quantitative estimate of drug-likeness (QED) is 0.286. The lowest BCUT2D eigenvalue weighted by molar-refractivity contribution is -0.0520. The Morgan fingerprint density at radius 3 is 2.64 bits per heavy atom. The Hall–Kier alpha value is -2.04. The summed E-state index contributed by atoms with van der Waals surface area (Å²) in [7, 11) is 0. The third-order valence-electron chi connectivity index (χ3n) is 3.56. The van der Waals surface area contributed by atoms with Crippen molar-refractivity contribution in [2.45, 2.75) is 33.4 Å². The molecule has 0 spiro atoms. The van der Waals surface area contributed by atoms with Crippen LogP contribution >= 0.6 is 24.0 Å². The molecule has 0 fully saturated rings. The fourth-order valence-electron chi connectivity index (χ4n) is 2.44. The third kappa shape index (κ3) is 7.91. The molecule has 0 unspecified atom stereocenters. The monoisotopic (exact) mass is 509 g/mol. The molecule has 1 heterocycles. The zero-order chi connectivity index (χ0) is 19.5. The van der Waals surface area contributed by atoms with E-state index in [1.165, 1.54) is 0 Å². The Morgan fingerprint density at radius 1 is 1.18 bits per heavy atom. The van der Waals surface area contributed by atoms with Crippen LogP contribution in [0.3, 0.4) is 0 Å². The number of alkyl halides is 2. The SMILES string of the molecule is CCNC(=NCc1cccc(OCC)c1OC(F)F)NCCc1ccco1.I. The highest BCUT2D eigenvalue weighted by atomic mass is 127. The van der Waals surface area contributed by atoms with Gasteiger partial charge in [0.1, 0.15) is 5.76 Å². The highest BCUT2D eigenvalue weighted by molar-refractivity contribution is 14.0. The first kappa shape index (κ1) is 24.0. The van der Waals surface area contributed by atoms with Crippen molar-refractivity contribution >= 4 is 29.9 Å². The first-order valence-electron chi connectivity index (χ1n) is 8.88. The topological polar surface area (TPSA) is 68.0 Å². The summed E-state index contributed by atoms with van der Waals surface area (Å²) in [6.45, 7) is 2.61. The number of benzene rings is 1. The van der Waals surface area contributed by atoms with Gasteiger partial charge in [-0.05, 0) is 32.0 Å². The number of halogens is 3. The number of hydrogen-bond donors (Lipinski definition) is 2. The van der Waals surface area contributed by atoms with Gasteiger partial charge in [0.25, 0.3) is 0 Å². The van der Waals surface area contributed by atoms with Gasteiger partial charge in [-0.15, -0.1) is 24.0 Å². The van der Waals surface area contributed by atoms with Crippen LogP contribution in [0.5, 0.6) is 11.5 Å². The largest absolute Gasteiger partial charge is 0.490 e. The summed E-state index contributed by atoms with van der Waals surface area (Å²) in [5.74, 6) is 1.75. The van der Waals surface area contributed by atoms with Crippen molar-refractivity contribution in [3.8, 4) is 11.5 Å². The molecular weight excluding hydrogens is 483 g/mol. The van der Waals surface area contributed by atoms with E-state index >= 15 is 0 Å². The van der Waals surface area contributed by atoms with Gasteiger partial charge in [-0.1, -0.05) is 12.1 Å². The Kier molecular flexibility index (Phi) is 11.3. The minimum atomic E-state index is -2.94. The molecule has 0 saturated heterocycles. The van der Waals surface area contributed by atoms with Crippen LogP contribution in [0.4, 0.5) is 8.78 Å². The normalized spacial score (nSPS) is 11.1. The molecule has 0 aliphatic rings. The fourth-order valence-corrected chi connectivity index (χ4v) is 2.44. The second-order valence-corrected chi connectivity index (χ2v) is 5.51. The number of guanidine groups is 1. The molecule has 0 aliphatic heterocycles. The second-order valence-electron chi connectivity index (χ2n) is 5.51. The van der Waals surface area contributed by atoms with E-state index in [2.05, 4.69) is 20.4 Å². The van der Waals surface area contributed by atoms with Gasteiger partial charge in [-0.3, -0.25) is 0 Å². The van der Waals surface area contributed by atoms with Gasteiger partial charge >= 0.3 is 6.61 Å². The van der Waals surface area contributed by atoms with E-state index in [9.17, 15) is 8.78 Å². The van der Waals surface area contributed by atoms with E-state index in [0.717, 1.165) is 5.76 Å². The molecule has 6 nitrogen and oxygen atoms in total. The molecule has 0 aliphatic carbocycles. The zero-order valence-corrected chi connectivity index (χ0v) is 18.2. The van der Waals surface area contributed by atoms with E-state index in [4.69, 9.17) is 9.15 Å². The molecule has 0 atom stereocenters. The molecule has 156 valence electrons. The van der Waals surface area contributed by atoms with Gasteiger partial charge in [0.05, 0.1) is 19.4 Å². The highest BCUT2D eigenvalue weighted by Crippen LogP contribution is 2.33. The first-order chi connectivity index (χ1) is 13.1. The summed E-state index contributed by atoms with van der Waals surface area (Å²) in [6.07, 6.45) is 2.33. The van der Waals surface area contributed by atoms with Gasteiger partial charge < -0.3 is 24.5 Å². The average molecular weight is 509 g/mol. The van der Waals surface area contributed by atoms with Crippen LogP contribution in [0.1, 0.15) is 25.2 Å². The number of nitrogens with one attached hydrogen (secondary N) is 2. The minimum absolute atomic E-state index is 0. The van der Waals surface area contributed by atoms with E-state index in [1.807, 2.05) is 19.1 Å². The summed E-state index contributed by atoms with van der Waals surface area (Å²) >= 11 is 0. The highest BCUT2D eigenvalue weighted by Gasteiger charge is 2.15. The van der Waals surface area contributed by atoms with Crippen LogP contribution in [-0.4, -0.2) is 32.3 Å². The number of nitrogens with zero attached hydrogens (tertiary/aromatic N) is 1. The summed E-state index contributed by atoms with van der Waals surface area (Å²) in [6, 6.07) is 8.76. The van der Waals surface area contributed by atoms with Crippen molar-refractivity contribution in [3.05, 3.63) is 47.9 Å². The lowest BCUT2D eigenvalue weighted by Crippen LogP contribution is -2.38. The molecule has 28 heavy (non-hydrogen) atoms. The van der Waals surface area contributed by atoms with Gasteiger partial charge in [-0.25, -0.2) is 4.99 Å². The average Bonchev–Trinajstić information content (AvgIpc) is 3.15. The number of rotatable bonds is 10. The Bertz CT molecular complexity index is 712. The van der Waals surface area contributed by atoms with Crippen LogP contribution in [0.2, 0.25) is 0 Å². The molecule has 0 amide bonds. The zero-order valence-electron chi connectivity index (χ0n) is 15.9. The van der Waals surface area contributed by atoms with E-state index < -0.39 is 6.61 Å². The Morgan fingerprint density at radius 2 is 2.00 bits per heavy atom. The fraction of sp³-hybridized carbons (Fsp3) is 0.421. The first-order valence-corrected chi connectivity index (χ1v) is 8.88. The standard InChI is InChI=1S/C19H25F2N3O3.HI/c1-3-22-19(23-11-10-15-8-6-12-26-15)24-13-14-7-5-9-16(25-4-2)17(14)27-18(20)21;/h5-9,12,18H,3-4,10-11,13H2,1-2H3,(H2,22,23,24);1H. The molecule has 0 bridgehead atoms. The lowest BCUT2D eigenvalue weighted by atomic mass is 10.2. The van der Waals surface area contributed by atoms with Gasteiger partial charge in [0, 0.05) is 25.1 Å². The molecule has 2 rings (SSSR count). The summed E-state index contributed by atoms with van der Waals surface area (Å²) in [4.78, 5) is 4.46. The molecule has 1 aromatic carbocycles. The van der Waals surface area contributed by atoms with Crippen molar-refractivity contribution < 1.29 is 22.7 Å². The van der Waals surface area contributed by atoms with Crippen molar-refractivity contribution in [2.75, 3.05) is 19.7 Å². The van der Waals surface area contributed by atoms with Crippen molar-refractivity contribution in [1.29, 1.82) is 0 Å². The lowest BCUT2D eigenvalue weighted by Gasteiger charge is -2.15. The maximum Gasteiger partial charge on any atom is 0.387 e. The van der Waals surface area contributed by atoms with Crippen LogP contribution in [0.15, 0.2) is 46.0 Å². The number of para-hydroxylation sites is 1. The molecule has 0 saturated carbocycles. The predicted octanol–water partition coefficient (Wildman–Crippen LogP) is 4.20. The Balaban J connectivity index is 0.00000392. The minimum Gasteiger partial charge on any atom is -0.490 e. The van der Waals surface area contributed by atoms with Crippen molar-refractivity contribution in [1.82, 2.24) is 10.6 Å². The molecule has 2 N–H and O–H groups in total. The number of furan rings is 1. The van der Waals surface area contributed by atoms with Gasteiger partial charge in [0.2, 0.25) is 0 Å². The van der Waals surface area contributed by atoms with Crippen molar-refractivity contribution in [3.63, 3.8) is 0 Å². The second kappa shape index (κ2) is 13.2. The van der Waals surface area contributed by atoms with Crippen LogP contribution in [-0.2, 0) is 13.0 Å². The smallest absolute Gasteiger partial charge is 0.387 e. The molecule has 2 aromatic rings. The summed E-state index contributed by atoms with van der Waals surface area (Å²) < 4.78 is 40.9. The maximum absolute atomic E-state index is 12.8. The molecule has 9 heteroatoms. The summed E-state index contributed by atoms with van der Waals surface area (Å²) in [5, 5.41) is 6.31. The number of aliphatic imine (C=N–C) groups is 1. The van der Waals surface area contributed by atoms with E-state index in [1.54, 1.807) is 31.4 Å². The van der Waals surface area contributed by atoms with Crippen LogP contribution < -0.4 is 20.1 Å².